The van der Waals surface area contributed by atoms with Gasteiger partial charge in [0.1, 0.15) is 5.75 Å². The normalized spacial score (nSPS) is 11.0. The van der Waals surface area contributed by atoms with Gasteiger partial charge in [-0.1, -0.05) is 17.4 Å². The van der Waals surface area contributed by atoms with E-state index in [-0.39, 0.29) is 18.3 Å². The summed E-state index contributed by atoms with van der Waals surface area (Å²) in [6.45, 7) is 3.94. The molecule has 31 heavy (non-hydrogen) atoms. The first-order valence-electron chi connectivity index (χ1n) is 9.75. The summed E-state index contributed by atoms with van der Waals surface area (Å²) < 4.78 is 8.61. The maximum atomic E-state index is 13.0. The summed E-state index contributed by atoms with van der Waals surface area (Å²) in [5, 5.41) is 2.70. The summed E-state index contributed by atoms with van der Waals surface area (Å²) in [6.07, 6.45) is 9.76. The molecule has 0 aliphatic rings. The van der Waals surface area contributed by atoms with Crippen molar-refractivity contribution in [2.45, 2.75) is 19.9 Å². The van der Waals surface area contributed by atoms with Gasteiger partial charge in [0, 0.05) is 36.4 Å². The summed E-state index contributed by atoms with van der Waals surface area (Å²) in [5.41, 5.74) is 0.869. The molecule has 0 spiro atoms. The highest BCUT2D eigenvalue weighted by Crippen LogP contribution is 2.32. The van der Waals surface area contributed by atoms with Gasteiger partial charge in [0.25, 0.3) is 5.91 Å². The summed E-state index contributed by atoms with van der Waals surface area (Å²) in [4.78, 5) is 24.6. The Hall–Kier alpha value is -2.68. The Labute approximate surface area is 195 Å². The number of benzene rings is 1. The molecule has 3 heterocycles. The lowest BCUT2D eigenvalue weighted by atomic mass is 10.3. The van der Waals surface area contributed by atoms with Crippen molar-refractivity contribution in [3.63, 3.8) is 0 Å². The van der Waals surface area contributed by atoms with Crippen LogP contribution in [0.4, 0.5) is 5.13 Å². The molecule has 0 aliphatic heterocycles. The average Bonchev–Trinajstić information content (AvgIpc) is 3.51. The van der Waals surface area contributed by atoms with Crippen LogP contribution in [-0.2, 0) is 11.3 Å². The maximum Gasteiger partial charge on any atom is 0.252 e. The van der Waals surface area contributed by atoms with Crippen LogP contribution in [-0.4, -0.2) is 33.6 Å². The number of carbonyl (C=O) groups excluding carboxylic acids is 1. The number of thiophene rings is 1. The molecule has 0 aliphatic carbocycles. The van der Waals surface area contributed by atoms with E-state index in [0.717, 1.165) is 33.8 Å². The zero-order valence-corrected chi connectivity index (χ0v) is 19.5. The Morgan fingerprint density at radius 1 is 1.32 bits per heavy atom. The average molecular weight is 475 g/mol. The number of fused-ring (bicyclic) bond motifs is 1. The molecule has 0 saturated carbocycles. The number of imidazole rings is 1. The van der Waals surface area contributed by atoms with E-state index in [2.05, 4.69) is 4.98 Å². The van der Waals surface area contributed by atoms with Crippen molar-refractivity contribution in [3.8, 4) is 5.75 Å². The Morgan fingerprint density at radius 3 is 2.97 bits per heavy atom. The minimum atomic E-state index is -0.0712. The Morgan fingerprint density at radius 2 is 2.23 bits per heavy atom. The first kappa shape index (κ1) is 23.0. The number of rotatable bonds is 9. The lowest BCUT2D eigenvalue weighted by Crippen LogP contribution is -2.30. The van der Waals surface area contributed by atoms with E-state index in [1.807, 2.05) is 59.5 Å². The standard InChI is InChI=1S/C22H22N4O2S2.ClH/c1-2-28-17-6-8-19-20(15-17)30-22(24-19)26(12-4-11-25-13-10-23-16-25)21(27)9-7-18-5-3-14-29-18;/h3,5-10,13-16H,2,4,11-12H2,1H3;1H. The van der Waals surface area contributed by atoms with Crippen molar-refractivity contribution in [1.82, 2.24) is 14.5 Å². The lowest BCUT2D eigenvalue weighted by Gasteiger charge is -2.18. The molecule has 0 atom stereocenters. The molecule has 6 nitrogen and oxygen atoms in total. The van der Waals surface area contributed by atoms with Crippen LogP contribution in [0.5, 0.6) is 5.75 Å². The van der Waals surface area contributed by atoms with Gasteiger partial charge in [-0.05, 0) is 49.1 Å². The molecular weight excluding hydrogens is 452 g/mol. The molecular formula is C22H23ClN4O2S2. The van der Waals surface area contributed by atoms with Crippen molar-refractivity contribution < 1.29 is 9.53 Å². The predicted octanol–water partition coefficient (Wildman–Crippen LogP) is 5.51. The minimum absolute atomic E-state index is 0. The number of thiazole rings is 1. The third-order valence-corrected chi connectivity index (χ3v) is 6.33. The van der Waals surface area contributed by atoms with Crippen LogP contribution in [0.15, 0.2) is 60.5 Å². The van der Waals surface area contributed by atoms with Crippen LogP contribution in [0.25, 0.3) is 16.3 Å². The zero-order chi connectivity index (χ0) is 20.8. The van der Waals surface area contributed by atoms with E-state index in [1.165, 1.54) is 11.3 Å². The minimum Gasteiger partial charge on any atom is -0.494 e. The topological polar surface area (TPSA) is 60.2 Å². The summed E-state index contributed by atoms with van der Waals surface area (Å²) >= 11 is 3.11. The summed E-state index contributed by atoms with van der Waals surface area (Å²) in [7, 11) is 0. The third kappa shape index (κ3) is 5.94. The number of aromatic nitrogens is 3. The Balaban J connectivity index is 0.00000272. The highest BCUT2D eigenvalue weighted by Gasteiger charge is 2.18. The lowest BCUT2D eigenvalue weighted by molar-refractivity contribution is -0.114. The molecule has 9 heteroatoms. The van der Waals surface area contributed by atoms with Crippen LogP contribution in [0.2, 0.25) is 0 Å². The number of amides is 1. The van der Waals surface area contributed by atoms with Crippen LogP contribution < -0.4 is 9.64 Å². The summed E-state index contributed by atoms with van der Waals surface area (Å²) in [6, 6.07) is 9.80. The monoisotopic (exact) mass is 474 g/mol. The first-order chi connectivity index (χ1) is 14.7. The van der Waals surface area contributed by atoms with E-state index in [0.29, 0.717) is 18.3 Å². The molecule has 0 fully saturated rings. The SMILES string of the molecule is CCOc1ccc2nc(N(CCCn3ccnc3)C(=O)C=Cc3cccs3)sc2c1.Cl. The van der Waals surface area contributed by atoms with Crippen molar-refractivity contribution >= 4 is 62.4 Å². The van der Waals surface area contributed by atoms with E-state index >= 15 is 0 Å². The number of hydrogen-bond acceptors (Lipinski definition) is 6. The molecule has 3 aromatic heterocycles. The number of anilines is 1. The van der Waals surface area contributed by atoms with E-state index in [4.69, 9.17) is 9.72 Å². The molecule has 0 unspecified atom stereocenters. The highest BCUT2D eigenvalue weighted by molar-refractivity contribution is 7.22. The second-order valence-corrected chi connectivity index (χ2v) is 8.54. The number of ether oxygens (including phenoxy) is 1. The van der Waals surface area contributed by atoms with Gasteiger partial charge in [-0.25, -0.2) is 9.97 Å². The fraction of sp³-hybridized carbons (Fsp3) is 0.227. The molecule has 4 aromatic rings. The maximum absolute atomic E-state index is 13.0. The van der Waals surface area contributed by atoms with Gasteiger partial charge in [-0.2, -0.15) is 0 Å². The second kappa shape index (κ2) is 11.1. The van der Waals surface area contributed by atoms with Gasteiger partial charge >= 0.3 is 0 Å². The first-order valence-corrected chi connectivity index (χ1v) is 11.4. The summed E-state index contributed by atoms with van der Waals surface area (Å²) in [5.74, 6) is 0.744. The molecule has 0 saturated heterocycles. The smallest absolute Gasteiger partial charge is 0.252 e. The van der Waals surface area contributed by atoms with Crippen LogP contribution in [0.1, 0.15) is 18.2 Å². The van der Waals surface area contributed by atoms with Gasteiger partial charge in [0.05, 0.1) is 23.2 Å². The number of nitrogens with zero attached hydrogens (tertiary/aromatic N) is 4. The van der Waals surface area contributed by atoms with Crippen molar-refractivity contribution in [1.29, 1.82) is 0 Å². The van der Waals surface area contributed by atoms with Gasteiger partial charge in [-0.15, -0.1) is 23.7 Å². The van der Waals surface area contributed by atoms with E-state index in [9.17, 15) is 4.79 Å². The van der Waals surface area contributed by atoms with E-state index in [1.54, 1.807) is 34.8 Å². The molecule has 0 N–H and O–H groups in total. The Kier molecular flexibility index (Phi) is 8.22. The van der Waals surface area contributed by atoms with Crippen molar-refractivity contribution in [2.75, 3.05) is 18.1 Å². The highest BCUT2D eigenvalue weighted by atomic mass is 35.5. The van der Waals surface area contributed by atoms with Gasteiger partial charge in [0.2, 0.25) is 0 Å². The molecule has 1 aromatic carbocycles. The third-order valence-electron chi connectivity index (χ3n) is 4.45. The van der Waals surface area contributed by atoms with Gasteiger partial charge in [0.15, 0.2) is 5.13 Å². The largest absolute Gasteiger partial charge is 0.494 e. The molecule has 0 bridgehead atoms. The molecule has 1 amide bonds. The quantitative estimate of drug-likeness (QED) is 0.300. The number of halogens is 1. The fourth-order valence-electron chi connectivity index (χ4n) is 3.02. The molecule has 0 radical (unpaired) electrons. The van der Waals surface area contributed by atoms with Gasteiger partial charge in [-0.3, -0.25) is 9.69 Å². The number of aryl methyl sites for hydroxylation is 1. The zero-order valence-electron chi connectivity index (χ0n) is 17.0. The van der Waals surface area contributed by atoms with Gasteiger partial charge < -0.3 is 9.30 Å². The number of carbonyl (C=O) groups is 1. The van der Waals surface area contributed by atoms with Crippen molar-refractivity contribution in [3.05, 3.63) is 65.4 Å². The van der Waals surface area contributed by atoms with E-state index < -0.39 is 0 Å². The van der Waals surface area contributed by atoms with Crippen molar-refractivity contribution in [2.24, 2.45) is 0 Å². The van der Waals surface area contributed by atoms with Crippen LogP contribution in [0, 0.1) is 0 Å². The van der Waals surface area contributed by atoms with Crippen LogP contribution in [0.3, 0.4) is 0 Å². The fourth-order valence-corrected chi connectivity index (χ4v) is 4.67. The second-order valence-electron chi connectivity index (χ2n) is 6.55. The van der Waals surface area contributed by atoms with Crippen LogP contribution >= 0.6 is 35.1 Å². The molecule has 162 valence electrons. The number of hydrogen-bond donors (Lipinski definition) is 0. The Bertz CT molecular complexity index is 1120. The predicted molar refractivity (Wildman–Crippen MR) is 131 cm³/mol. The molecule has 4 rings (SSSR count).